The van der Waals surface area contributed by atoms with Crippen molar-refractivity contribution in [1.29, 1.82) is 0 Å². The molecule has 180 valence electrons. The normalized spacial score (nSPS) is 18.3. The minimum Gasteiger partial charge on any atom is -0.379 e. The zero-order valence-electron chi connectivity index (χ0n) is 19.1. The first-order valence-electron chi connectivity index (χ1n) is 11.4. The van der Waals surface area contributed by atoms with E-state index in [0.717, 1.165) is 43.1 Å². The Morgan fingerprint density at radius 2 is 1.74 bits per heavy atom. The largest absolute Gasteiger partial charge is 0.379 e. The third-order valence-corrected chi connectivity index (χ3v) is 8.12. The molecule has 0 spiro atoms. The van der Waals surface area contributed by atoms with Gasteiger partial charge in [-0.05, 0) is 24.6 Å². The van der Waals surface area contributed by atoms with E-state index in [9.17, 15) is 8.42 Å². The number of hydrogen-bond acceptors (Lipinski definition) is 9. The van der Waals surface area contributed by atoms with Crippen LogP contribution < -0.4 is 4.90 Å². The van der Waals surface area contributed by atoms with E-state index in [-0.39, 0.29) is 4.90 Å². The van der Waals surface area contributed by atoms with Crippen LogP contribution in [0.4, 0.5) is 5.82 Å². The highest BCUT2D eigenvalue weighted by Gasteiger charge is 2.27. The molecule has 0 atom stereocenters. The minimum absolute atomic E-state index is 0.220. The van der Waals surface area contributed by atoms with Gasteiger partial charge in [0.15, 0.2) is 0 Å². The van der Waals surface area contributed by atoms with Crippen LogP contribution in [0.2, 0.25) is 0 Å². The number of sulfonamides is 1. The molecule has 4 heterocycles. The molecule has 2 fully saturated rings. The van der Waals surface area contributed by atoms with Gasteiger partial charge in [0.05, 0.1) is 19.8 Å². The number of hydrogen-bond donors (Lipinski definition) is 0. The van der Waals surface area contributed by atoms with Gasteiger partial charge in [0.2, 0.25) is 21.7 Å². The number of pyridine rings is 1. The third kappa shape index (κ3) is 4.83. The lowest BCUT2D eigenvalue weighted by Crippen LogP contribution is -2.46. The number of anilines is 1. The van der Waals surface area contributed by atoms with Crippen LogP contribution in [-0.2, 0) is 21.3 Å². The summed E-state index contributed by atoms with van der Waals surface area (Å²) in [5, 5.41) is 4.14. The number of ether oxygens (including phenoxy) is 1. The van der Waals surface area contributed by atoms with Crippen LogP contribution >= 0.6 is 0 Å². The second-order valence-electron chi connectivity index (χ2n) is 8.46. The van der Waals surface area contributed by atoms with E-state index < -0.39 is 10.0 Å². The van der Waals surface area contributed by atoms with Crippen LogP contribution in [0.15, 0.2) is 52.0 Å². The molecule has 1 aromatic carbocycles. The summed E-state index contributed by atoms with van der Waals surface area (Å²) in [6.07, 6.45) is 1.46. The predicted octanol–water partition coefficient (Wildman–Crippen LogP) is 1.78. The van der Waals surface area contributed by atoms with Crippen LogP contribution in [0.5, 0.6) is 0 Å². The average molecular weight is 485 g/mol. The van der Waals surface area contributed by atoms with Gasteiger partial charge < -0.3 is 14.2 Å². The summed E-state index contributed by atoms with van der Waals surface area (Å²) < 4.78 is 37.8. The van der Waals surface area contributed by atoms with Crippen LogP contribution in [0.3, 0.4) is 0 Å². The highest BCUT2D eigenvalue weighted by Crippen LogP contribution is 2.22. The molecule has 0 radical (unpaired) electrons. The molecule has 34 heavy (non-hydrogen) atoms. The molecule has 10 nitrogen and oxygen atoms in total. The zero-order valence-corrected chi connectivity index (χ0v) is 19.9. The first kappa shape index (κ1) is 22.9. The van der Waals surface area contributed by atoms with Crippen molar-refractivity contribution in [2.24, 2.45) is 0 Å². The molecule has 0 saturated carbocycles. The Morgan fingerprint density at radius 1 is 0.971 bits per heavy atom. The summed E-state index contributed by atoms with van der Waals surface area (Å²) >= 11 is 0. The second-order valence-corrected chi connectivity index (χ2v) is 10.4. The number of benzene rings is 1. The van der Waals surface area contributed by atoms with Gasteiger partial charge in [0.1, 0.15) is 10.7 Å². The van der Waals surface area contributed by atoms with Crippen LogP contribution in [0, 0.1) is 6.92 Å². The quantitative estimate of drug-likeness (QED) is 0.518. The zero-order chi connectivity index (χ0) is 23.5. The van der Waals surface area contributed by atoms with Gasteiger partial charge in [-0.3, -0.25) is 4.90 Å². The molecule has 5 rings (SSSR count). The standard InChI is InChI=1S/C23H28N6O4S/c1-18-4-2-3-5-20(18)23-25-22(33-26-23)17-27-8-10-28(11-9-27)21-7-6-19(16-24-21)34(30,31)29-12-14-32-15-13-29/h2-7,16H,8-15,17H2,1H3. The molecule has 2 aliphatic rings. The maximum Gasteiger partial charge on any atom is 0.244 e. The fourth-order valence-corrected chi connectivity index (χ4v) is 5.58. The summed E-state index contributed by atoms with van der Waals surface area (Å²) in [6.45, 7) is 7.41. The van der Waals surface area contributed by atoms with Crippen molar-refractivity contribution in [3.05, 3.63) is 54.0 Å². The highest BCUT2D eigenvalue weighted by atomic mass is 32.2. The van der Waals surface area contributed by atoms with Gasteiger partial charge in [0.25, 0.3) is 0 Å². The van der Waals surface area contributed by atoms with Crippen LogP contribution in [0.25, 0.3) is 11.4 Å². The smallest absolute Gasteiger partial charge is 0.244 e. The SMILES string of the molecule is Cc1ccccc1-c1noc(CN2CCN(c3ccc(S(=O)(=O)N4CCOCC4)cn3)CC2)n1. The lowest BCUT2D eigenvalue weighted by atomic mass is 10.1. The molecular weight excluding hydrogens is 456 g/mol. The molecule has 0 amide bonds. The van der Waals surface area contributed by atoms with Gasteiger partial charge in [-0.1, -0.05) is 29.4 Å². The van der Waals surface area contributed by atoms with E-state index in [1.807, 2.05) is 31.2 Å². The summed E-state index contributed by atoms with van der Waals surface area (Å²) in [5.74, 6) is 1.99. The maximum absolute atomic E-state index is 12.8. The average Bonchev–Trinajstić information content (AvgIpc) is 3.33. The van der Waals surface area contributed by atoms with Gasteiger partial charge in [-0.25, -0.2) is 13.4 Å². The van der Waals surface area contributed by atoms with Gasteiger partial charge in [-0.2, -0.15) is 9.29 Å². The number of rotatable bonds is 6. The lowest BCUT2D eigenvalue weighted by Gasteiger charge is -2.34. The minimum atomic E-state index is -3.53. The number of piperazine rings is 1. The fraction of sp³-hybridized carbons (Fsp3) is 0.435. The molecule has 2 saturated heterocycles. The van der Waals surface area contributed by atoms with E-state index in [0.29, 0.717) is 44.6 Å². The third-order valence-electron chi connectivity index (χ3n) is 6.24. The topological polar surface area (TPSA) is 105 Å². The van der Waals surface area contributed by atoms with Crippen molar-refractivity contribution in [2.75, 3.05) is 57.4 Å². The second kappa shape index (κ2) is 9.79. The number of nitrogens with zero attached hydrogens (tertiary/aromatic N) is 6. The molecule has 0 bridgehead atoms. The van der Waals surface area contributed by atoms with E-state index in [2.05, 4.69) is 24.9 Å². The van der Waals surface area contributed by atoms with Gasteiger partial charge in [0, 0.05) is 51.0 Å². The molecule has 0 aliphatic carbocycles. The van der Waals surface area contributed by atoms with E-state index >= 15 is 0 Å². The number of morpholine rings is 1. The van der Waals surface area contributed by atoms with Crippen molar-refractivity contribution < 1.29 is 17.7 Å². The molecule has 0 unspecified atom stereocenters. The Kier molecular flexibility index (Phi) is 6.59. The molecule has 0 N–H and O–H groups in total. The predicted molar refractivity (Wildman–Crippen MR) is 126 cm³/mol. The number of aryl methyl sites for hydroxylation is 1. The molecule has 2 aliphatic heterocycles. The Balaban J connectivity index is 1.17. The van der Waals surface area contributed by atoms with Gasteiger partial charge >= 0.3 is 0 Å². The van der Waals surface area contributed by atoms with E-state index in [1.165, 1.54) is 10.5 Å². The molecular formula is C23H28N6O4S. The fourth-order valence-electron chi connectivity index (χ4n) is 4.23. The van der Waals surface area contributed by atoms with E-state index in [1.54, 1.807) is 12.1 Å². The van der Waals surface area contributed by atoms with Crippen molar-refractivity contribution >= 4 is 15.8 Å². The van der Waals surface area contributed by atoms with Gasteiger partial charge in [-0.15, -0.1) is 0 Å². The monoisotopic (exact) mass is 484 g/mol. The van der Waals surface area contributed by atoms with E-state index in [4.69, 9.17) is 9.26 Å². The first-order valence-corrected chi connectivity index (χ1v) is 12.8. The Labute approximate surface area is 199 Å². The lowest BCUT2D eigenvalue weighted by molar-refractivity contribution is 0.0730. The summed E-state index contributed by atoms with van der Waals surface area (Å²) in [7, 11) is -3.53. The molecule has 3 aromatic rings. The van der Waals surface area contributed by atoms with Crippen LogP contribution in [0.1, 0.15) is 11.5 Å². The Bertz CT molecular complexity index is 1220. The summed E-state index contributed by atoms with van der Waals surface area (Å²) in [5.41, 5.74) is 2.09. The number of aromatic nitrogens is 3. The van der Waals surface area contributed by atoms with Crippen molar-refractivity contribution in [3.8, 4) is 11.4 Å². The van der Waals surface area contributed by atoms with Crippen molar-refractivity contribution in [2.45, 2.75) is 18.4 Å². The van der Waals surface area contributed by atoms with Crippen LogP contribution in [-0.4, -0.2) is 85.2 Å². The maximum atomic E-state index is 12.8. The summed E-state index contributed by atoms with van der Waals surface area (Å²) in [6, 6.07) is 11.4. The van der Waals surface area contributed by atoms with Crippen molar-refractivity contribution in [1.82, 2.24) is 24.3 Å². The Hall–Kier alpha value is -2.86. The molecule has 11 heteroatoms. The Morgan fingerprint density at radius 3 is 2.44 bits per heavy atom. The van der Waals surface area contributed by atoms with Crippen molar-refractivity contribution in [3.63, 3.8) is 0 Å². The summed E-state index contributed by atoms with van der Waals surface area (Å²) in [4.78, 5) is 13.7. The first-order chi connectivity index (χ1) is 16.5. The highest BCUT2D eigenvalue weighted by molar-refractivity contribution is 7.89. The molecule has 2 aromatic heterocycles.